The number of halogens is 1. The fourth-order valence-corrected chi connectivity index (χ4v) is 4.70. The third kappa shape index (κ3) is 4.44. The molecule has 1 aromatic carbocycles. The maximum absolute atomic E-state index is 13.0. The van der Waals surface area contributed by atoms with Gasteiger partial charge in [-0.05, 0) is 49.1 Å². The van der Waals surface area contributed by atoms with Gasteiger partial charge in [0.2, 0.25) is 5.91 Å². The molecular formula is C23H27FN6O. The van der Waals surface area contributed by atoms with Gasteiger partial charge in [0, 0.05) is 49.7 Å². The van der Waals surface area contributed by atoms with Gasteiger partial charge >= 0.3 is 0 Å². The van der Waals surface area contributed by atoms with E-state index >= 15 is 0 Å². The van der Waals surface area contributed by atoms with E-state index in [2.05, 4.69) is 25.5 Å². The first kappa shape index (κ1) is 20.1. The molecule has 31 heavy (non-hydrogen) atoms. The molecule has 7 nitrogen and oxygen atoms in total. The van der Waals surface area contributed by atoms with Crippen molar-refractivity contribution in [2.45, 2.75) is 31.9 Å². The Kier molecular flexibility index (Phi) is 5.40. The van der Waals surface area contributed by atoms with Crippen LogP contribution in [0.2, 0.25) is 0 Å². The van der Waals surface area contributed by atoms with Crippen LogP contribution in [0.1, 0.15) is 25.7 Å². The number of benzene rings is 1. The molecule has 3 heterocycles. The summed E-state index contributed by atoms with van der Waals surface area (Å²) in [6.07, 6.45) is 6.83. The molecule has 0 unspecified atom stereocenters. The van der Waals surface area contributed by atoms with Crippen LogP contribution < -0.4 is 5.32 Å². The van der Waals surface area contributed by atoms with E-state index in [4.69, 9.17) is 0 Å². The second-order valence-corrected chi connectivity index (χ2v) is 8.93. The Morgan fingerprint density at radius 3 is 2.68 bits per heavy atom. The molecule has 162 valence electrons. The number of hydrogen-bond acceptors (Lipinski definition) is 5. The predicted octanol–water partition coefficient (Wildman–Crippen LogP) is 3.43. The van der Waals surface area contributed by atoms with Crippen LogP contribution in [0.25, 0.3) is 22.0 Å². The van der Waals surface area contributed by atoms with Crippen molar-refractivity contribution in [3.63, 3.8) is 0 Å². The molecule has 1 saturated carbocycles. The Morgan fingerprint density at radius 1 is 1.16 bits per heavy atom. The largest absolute Gasteiger partial charge is 0.310 e. The number of aryl methyl sites for hydroxylation is 1. The molecule has 3 aromatic rings. The van der Waals surface area contributed by atoms with E-state index in [1.807, 2.05) is 37.5 Å². The number of amides is 1. The standard InChI is InChI=1S/C23H27FN6O/c1-29-14-21(27-28-29)17-6-7-18-10-25-22(9-19(18)8-17)26-23(31)16-4-2-15(3-5-16)11-30-12-20(24)13-30/h6-10,14-16,20H,2-5,11-13H2,1H3,(H,25,26,31)/t15-,16-. The van der Waals surface area contributed by atoms with Crippen LogP contribution in [0.5, 0.6) is 0 Å². The third-order valence-electron chi connectivity index (χ3n) is 6.52. The Labute approximate surface area is 180 Å². The zero-order valence-corrected chi connectivity index (χ0v) is 17.7. The fourth-order valence-electron chi connectivity index (χ4n) is 4.70. The molecular weight excluding hydrogens is 395 g/mol. The number of likely N-dealkylation sites (tertiary alicyclic amines) is 1. The van der Waals surface area contributed by atoms with Gasteiger partial charge in [-0.2, -0.15) is 0 Å². The first-order valence-electron chi connectivity index (χ1n) is 11.0. The second kappa shape index (κ2) is 8.34. The highest BCUT2D eigenvalue weighted by atomic mass is 19.1. The van der Waals surface area contributed by atoms with Crippen LogP contribution in [-0.2, 0) is 11.8 Å². The van der Waals surface area contributed by atoms with Crippen molar-refractivity contribution in [1.29, 1.82) is 0 Å². The fraction of sp³-hybridized carbons (Fsp3) is 0.478. The Bertz CT molecular complexity index is 1080. The van der Waals surface area contributed by atoms with Crippen molar-refractivity contribution in [1.82, 2.24) is 24.9 Å². The molecule has 1 aliphatic carbocycles. The lowest BCUT2D eigenvalue weighted by molar-refractivity contribution is -0.121. The number of hydrogen-bond donors (Lipinski definition) is 1. The van der Waals surface area contributed by atoms with E-state index < -0.39 is 6.17 Å². The van der Waals surface area contributed by atoms with E-state index in [-0.39, 0.29) is 11.8 Å². The smallest absolute Gasteiger partial charge is 0.228 e. The zero-order chi connectivity index (χ0) is 21.4. The summed E-state index contributed by atoms with van der Waals surface area (Å²) in [6, 6.07) is 7.96. The van der Waals surface area contributed by atoms with E-state index in [0.29, 0.717) is 24.8 Å². The lowest BCUT2D eigenvalue weighted by atomic mass is 9.81. The highest BCUT2D eigenvalue weighted by molar-refractivity contribution is 5.95. The molecule has 5 rings (SSSR count). The summed E-state index contributed by atoms with van der Waals surface area (Å²) in [6.45, 7) is 2.12. The summed E-state index contributed by atoms with van der Waals surface area (Å²) < 4.78 is 14.7. The Balaban J connectivity index is 1.21. The number of nitrogens with zero attached hydrogens (tertiary/aromatic N) is 5. The molecule has 2 fully saturated rings. The molecule has 1 saturated heterocycles. The lowest BCUT2D eigenvalue weighted by Crippen LogP contribution is -2.50. The minimum Gasteiger partial charge on any atom is -0.310 e. The molecule has 0 spiro atoms. The van der Waals surface area contributed by atoms with Crippen LogP contribution >= 0.6 is 0 Å². The topological polar surface area (TPSA) is 75.9 Å². The highest BCUT2D eigenvalue weighted by Crippen LogP contribution is 2.31. The van der Waals surface area contributed by atoms with Gasteiger partial charge in [0.25, 0.3) is 0 Å². The number of anilines is 1. The van der Waals surface area contributed by atoms with Gasteiger partial charge in [-0.3, -0.25) is 14.4 Å². The SMILES string of the molecule is Cn1cc(-c2ccc3cnc(NC(=O)[C@H]4CC[C@H](CN5CC(F)C5)CC4)cc3c2)nn1. The normalized spacial score (nSPS) is 22.4. The summed E-state index contributed by atoms with van der Waals surface area (Å²) in [7, 11) is 1.84. The number of aromatic nitrogens is 4. The molecule has 2 aromatic heterocycles. The lowest BCUT2D eigenvalue weighted by Gasteiger charge is -2.38. The van der Waals surface area contributed by atoms with E-state index in [0.717, 1.165) is 54.3 Å². The van der Waals surface area contributed by atoms with Crippen LogP contribution in [0, 0.1) is 11.8 Å². The summed E-state index contributed by atoms with van der Waals surface area (Å²) in [5.74, 6) is 1.22. The Hall–Kier alpha value is -2.87. The number of rotatable bonds is 5. The average Bonchev–Trinajstić information content (AvgIpc) is 3.19. The predicted molar refractivity (Wildman–Crippen MR) is 117 cm³/mol. The van der Waals surface area contributed by atoms with Crippen molar-refractivity contribution < 1.29 is 9.18 Å². The molecule has 1 amide bonds. The number of carbonyl (C=O) groups excluding carboxylic acids is 1. The summed E-state index contributed by atoms with van der Waals surface area (Å²) >= 11 is 0. The highest BCUT2D eigenvalue weighted by Gasteiger charge is 2.31. The number of carbonyl (C=O) groups is 1. The maximum atomic E-state index is 13.0. The monoisotopic (exact) mass is 422 g/mol. The van der Waals surface area contributed by atoms with Gasteiger partial charge in [0.1, 0.15) is 17.7 Å². The minimum absolute atomic E-state index is 0.0185. The van der Waals surface area contributed by atoms with Gasteiger partial charge in [0.15, 0.2) is 0 Å². The van der Waals surface area contributed by atoms with Crippen molar-refractivity contribution in [3.8, 4) is 11.3 Å². The van der Waals surface area contributed by atoms with Crippen LogP contribution in [-0.4, -0.2) is 56.6 Å². The third-order valence-corrected chi connectivity index (χ3v) is 6.52. The van der Waals surface area contributed by atoms with E-state index in [1.165, 1.54) is 0 Å². The maximum Gasteiger partial charge on any atom is 0.228 e. The second-order valence-electron chi connectivity index (χ2n) is 8.93. The van der Waals surface area contributed by atoms with Gasteiger partial charge in [0.05, 0.1) is 6.20 Å². The average molecular weight is 423 g/mol. The van der Waals surface area contributed by atoms with E-state index in [1.54, 1.807) is 10.9 Å². The first-order valence-corrected chi connectivity index (χ1v) is 11.0. The van der Waals surface area contributed by atoms with Gasteiger partial charge in [-0.1, -0.05) is 17.3 Å². The van der Waals surface area contributed by atoms with Crippen molar-refractivity contribution in [2.75, 3.05) is 25.0 Å². The summed E-state index contributed by atoms with van der Waals surface area (Å²) in [5, 5.41) is 13.2. The molecule has 0 bridgehead atoms. The molecule has 0 radical (unpaired) electrons. The molecule has 2 aliphatic rings. The number of alkyl halides is 1. The zero-order valence-electron chi connectivity index (χ0n) is 17.7. The molecule has 1 aliphatic heterocycles. The number of nitrogens with one attached hydrogen (secondary N) is 1. The quantitative estimate of drug-likeness (QED) is 0.682. The van der Waals surface area contributed by atoms with Crippen LogP contribution in [0.3, 0.4) is 0 Å². The number of pyridine rings is 1. The molecule has 0 atom stereocenters. The number of fused-ring (bicyclic) bond motifs is 1. The van der Waals surface area contributed by atoms with Crippen molar-refractivity contribution in [3.05, 3.63) is 36.7 Å². The first-order chi connectivity index (χ1) is 15.0. The Morgan fingerprint density at radius 2 is 1.97 bits per heavy atom. The molecule has 1 N–H and O–H groups in total. The van der Waals surface area contributed by atoms with Gasteiger partial charge < -0.3 is 5.32 Å². The van der Waals surface area contributed by atoms with Crippen molar-refractivity contribution >= 4 is 22.5 Å². The van der Waals surface area contributed by atoms with Gasteiger partial charge in [-0.25, -0.2) is 9.37 Å². The summed E-state index contributed by atoms with van der Waals surface area (Å²) in [5.41, 5.74) is 1.78. The molecule has 8 heteroatoms. The van der Waals surface area contributed by atoms with Crippen molar-refractivity contribution in [2.24, 2.45) is 18.9 Å². The minimum atomic E-state index is -0.645. The summed E-state index contributed by atoms with van der Waals surface area (Å²) in [4.78, 5) is 19.4. The van der Waals surface area contributed by atoms with Crippen LogP contribution in [0.15, 0.2) is 36.7 Å². The van der Waals surface area contributed by atoms with Crippen LogP contribution in [0.4, 0.5) is 10.2 Å². The van der Waals surface area contributed by atoms with E-state index in [9.17, 15) is 9.18 Å². The van der Waals surface area contributed by atoms with Gasteiger partial charge in [-0.15, -0.1) is 5.10 Å².